The van der Waals surface area contributed by atoms with Crippen LogP contribution >= 0.6 is 0 Å². The highest BCUT2D eigenvalue weighted by atomic mass is 19.2. The van der Waals surface area contributed by atoms with Crippen molar-refractivity contribution in [3.63, 3.8) is 0 Å². The van der Waals surface area contributed by atoms with E-state index in [4.69, 9.17) is 9.84 Å². The molecule has 3 nitrogen and oxygen atoms in total. The summed E-state index contributed by atoms with van der Waals surface area (Å²) in [5.41, 5.74) is -1.50. The molecule has 116 valence electrons. The van der Waals surface area contributed by atoms with Gasteiger partial charge in [0.1, 0.15) is 17.9 Å². The van der Waals surface area contributed by atoms with Crippen molar-refractivity contribution in [2.75, 3.05) is 0 Å². The maximum atomic E-state index is 13.4. The summed E-state index contributed by atoms with van der Waals surface area (Å²) in [5, 5.41) is 8.90. The highest BCUT2D eigenvalue weighted by Gasteiger charge is 2.26. The third-order valence-electron chi connectivity index (χ3n) is 2.79. The lowest BCUT2D eigenvalue weighted by Crippen LogP contribution is -2.11. The summed E-state index contributed by atoms with van der Waals surface area (Å²) < 4.78 is 70.7. The number of benzene rings is 2. The van der Waals surface area contributed by atoms with Crippen LogP contribution in [0.25, 0.3) is 0 Å². The zero-order valence-electron chi connectivity index (χ0n) is 10.7. The van der Waals surface area contributed by atoms with E-state index in [0.29, 0.717) is 0 Å². The Morgan fingerprint density at radius 3 is 1.95 bits per heavy atom. The SMILES string of the molecule is O=C(O)c1ccccc1OCc1c(F)c(F)c(F)c(F)c1F. The van der Waals surface area contributed by atoms with Gasteiger partial charge < -0.3 is 9.84 Å². The molecule has 0 saturated heterocycles. The minimum Gasteiger partial charge on any atom is -0.488 e. The number of rotatable bonds is 4. The molecule has 0 atom stereocenters. The lowest BCUT2D eigenvalue weighted by molar-refractivity contribution is 0.0691. The number of halogens is 5. The molecule has 1 N–H and O–H groups in total. The molecule has 2 rings (SSSR count). The molecule has 0 aliphatic rings. The van der Waals surface area contributed by atoms with Crippen molar-refractivity contribution < 1.29 is 36.6 Å². The summed E-state index contributed by atoms with van der Waals surface area (Å²) in [6.07, 6.45) is 0. The number of hydrogen-bond acceptors (Lipinski definition) is 2. The summed E-state index contributed by atoms with van der Waals surface area (Å²) in [5.74, 6) is -12.1. The van der Waals surface area contributed by atoms with Gasteiger partial charge in [0.25, 0.3) is 0 Å². The smallest absolute Gasteiger partial charge is 0.339 e. The van der Waals surface area contributed by atoms with Gasteiger partial charge in [-0.3, -0.25) is 0 Å². The molecule has 0 radical (unpaired) electrons. The molecule has 2 aromatic carbocycles. The van der Waals surface area contributed by atoms with Crippen molar-refractivity contribution in [3.05, 3.63) is 64.5 Å². The summed E-state index contributed by atoms with van der Waals surface area (Å²) >= 11 is 0. The Kier molecular flexibility index (Phi) is 4.30. The fourth-order valence-electron chi connectivity index (χ4n) is 1.70. The van der Waals surface area contributed by atoms with Gasteiger partial charge >= 0.3 is 5.97 Å². The first kappa shape index (κ1) is 15.7. The molecule has 8 heteroatoms. The molecule has 0 aliphatic carbocycles. The fourth-order valence-corrected chi connectivity index (χ4v) is 1.70. The van der Waals surface area contributed by atoms with Crippen LogP contribution in [-0.4, -0.2) is 11.1 Å². The summed E-state index contributed by atoms with van der Waals surface area (Å²) in [4.78, 5) is 10.9. The van der Waals surface area contributed by atoms with E-state index in [9.17, 15) is 26.7 Å². The molecule has 22 heavy (non-hydrogen) atoms. The molecule has 0 fully saturated rings. The highest BCUT2D eigenvalue weighted by Crippen LogP contribution is 2.25. The van der Waals surface area contributed by atoms with Gasteiger partial charge in [-0.15, -0.1) is 0 Å². The van der Waals surface area contributed by atoms with E-state index in [1.54, 1.807) is 0 Å². The van der Waals surface area contributed by atoms with Crippen LogP contribution in [0, 0.1) is 29.1 Å². The van der Waals surface area contributed by atoms with E-state index in [-0.39, 0.29) is 11.3 Å². The molecule has 2 aromatic rings. The van der Waals surface area contributed by atoms with E-state index in [1.807, 2.05) is 0 Å². The number of hydrogen-bond donors (Lipinski definition) is 1. The number of carboxylic acids is 1. The molecule has 0 spiro atoms. The van der Waals surface area contributed by atoms with Gasteiger partial charge in [0.2, 0.25) is 5.82 Å². The first-order valence-corrected chi connectivity index (χ1v) is 5.80. The quantitative estimate of drug-likeness (QED) is 0.532. The van der Waals surface area contributed by atoms with Crippen LogP contribution in [0.1, 0.15) is 15.9 Å². The second-order valence-corrected chi connectivity index (χ2v) is 4.14. The predicted octanol–water partition coefficient (Wildman–Crippen LogP) is 3.66. The largest absolute Gasteiger partial charge is 0.488 e. The van der Waals surface area contributed by atoms with Crippen LogP contribution < -0.4 is 4.74 Å². The molecule has 0 aliphatic heterocycles. The summed E-state index contributed by atoms with van der Waals surface area (Å²) in [7, 11) is 0. The van der Waals surface area contributed by atoms with Crippen molar-refractivity contribution in [2.45, 2.75) is 6.61 Å². The summed E-state index contributed by atoms with van der Waals surface area (Å²) in [6, 6.07) is 5.13. The second kappa shape index (κ2) is 6.00. The summed E-state index contributed by atoms with van der Waals surface area (Å²) in [6.45, 7) is -1.02. The second-order valence-electron chi connectivity index (χ2n) is 4.14. The Morgan fingerprint density at radius 1 is 0.909 bits per heavy atom. The molecule has 0 bridgehead atoms. The van der Waals surface area contributed by atoms with Gasteiger partial charge in [-0.05, 0) is 12.1 Å². The Labute approximate surface area is 120 Å². The van der Waals surface area contributed by atoms with Crippen molar-refractivity contribution >= 4 is 5.97 Å². The Bertz CT molecular complexity index is 716. The number of ether oxygens (including phenoxy) is 1. The van der Waals surface area contributed by atoms with Crippen molar-refractivity contribution in [2.24, 2.45) is 0 Å². The molecule has 0 unspecified atom stereocenters. The van der Waals surface area contributed by atoms with Gasteiger partial charge in [0.15, 0.2) is 23.3 Å². The predicted molar refractivity (Wildman–Crippen MR) is 64.0 cm³/mol. The fraction of sp³-hybridized carbons (Fsp3) is 0.0714. The number of aromatic carboxylic acids is 1. The number of para-hydroxylation sites is 1. The van der Waals surface area contributed by atoms with Gasteiger partial charge in [-0.2, -0.15) is 0 Å². The van der Waals surface area contributed by atoms with Crippen LogP contribution in [0.4, 0.5) is 22.0 Å². The maximum Gasteiger partial charge on any atom is 0.339 e. The van der Waals surface area contributed by atoms with E-state index in [1.165, 1.54) is 18.2 Å². The van der Waals surface area contributed by atoms with E-state index in [2.05, 4.69) is 0 Å². The van der Waals surface area contributed by atoms with Gasteiger partial charge in [-0.25, -0.2) is 26.7 Å². The van der Waals surface area contributed by atoms with Crippen molar-refractivity contribution in [1.29, 1.82) is 0 Å². The van der Waals surface area contributed by atoms with Crippen LogP contribution in [0.15, 0.2) is 24.3 Å². The topological polar surface area (TPSA) is 46.5 Å². The van der Waals surface area contributed by atoms with Crippen molar-refractivity contribution in [1.82, 2.24) is 0 Å². The van der Waals surface area contributed by atoms with Gasteiger partial charge in [0, 0.05) is 0 Å². The van der Waals surface area contributed by atoms with E-state index < -0.39 is 47.2 Å². The highest BCUT2D eigenvalue weighted by molar-refractivity contribution is 5.90. The molecule has 0 saturated carbocycles. The molecule has 0 heterocycles. The van der Waals surface area contributed by atoms with E-state index in [0.717, 1.165) is 6.07 Å². The number of carbonyl (C=O) groups is 1. The minimum atomic E-state index is -2.27. The minimum absolute atomic E-state index is 0.265. The Balaban J connectivity index is 2.36. The van der Waals surface area contributed by atoms with Crippen LogP contribution in [0.5, 0.6) is 5.75 Å². The average molecular weight is 318 g/mol. The molecule has 0 aromatic heterocycles. The normalized spacial score (nSPS) is 10.6. The molecule has 0 amide bonds. The lowest BCUT2D eigenvalue weighted by Gasteiger charge is -2.11. The first-order valence-electron chi connectivity index (χ1n) is 5.80. The van der Waals surface area contributed by atoms with E-state index >= 15 is 0 Å². The number of carboxylic acid groups (broad SMARTS) is 1. The third-order valence-corrected chi connectivity index (χ3v) is 2.79. The van der Waals surface area contributed by atoms with Gasteiger partial charge in [0.05, 0.1) is 5.56 Å². The zero-order valence-corrected chi connectivity index (χ0v) is 10.7. The Hall–Kier alpha value is -2.64. The van der Waals surface area contributed by atoms with Gasteiger partial charge in [-0.1, -0.05) is 12.1 Å². The average Bonchev–Trinajstić information content (AvgIpc) is 2.51. The maximum absolute atomic E-state index is 13.4. The molecular formula is C14H7F5O3. The van der Waals surface area contributed by atoms with Crippen LogP contribution in [0.3, 0.4) is 0 Å². The monoisotopic (exact) mass is 318 g/mol. The zero-order chi connectivity index (χ0) is 16.4. The standard InChI is InChI=1S/C14H7F5O3/c15-9-7(10(16)12(18)13(19)11(9)17)5-22-8-4-2-1-3-6(8)14(20)21/h1-4H,5H2,(H,20,21). The molecular weight excluding hydrogens is 311 g/mol. The van der Waals surface area contributed by atoms with Crippen molar-refractivity contribution in [3.8, 4) is 5.75 Å². The van der Waals surface area contributed by atoms with Crippen LogP contribution in [-0.2, 0) is 6.61 Å². The Morgan fingerprint density at radius 2 is 1.41 bits per heavy atom. The van der Waals surface area contributed by atoms with Crippen LogP contribution in [0.2, 0.25) is 0 Å². The third kappa shape index (κ3) is 2.72. The first-order chi connectivity index (χ1) is 10.3. The lowest BCUT2D eigenvalue weighted by atomic mass is 10.1.